The highest BCUT2D eigenvalue weighted by Gasteiger charge is 2.24. The zero-order valence-corrected chi connectivity index (χ0v) is 15.9. The van der Waals surface area contributed by atoms with Crippen molar-refractivity contribution in [1.82, 2.24) is 5.32 Å². The second-order valence-electron chi connectivity index (χ2n) is 6.86. The molecule has 0 radical (unpaired) electrons. The smallest absolute Gasteiger partial charge is 0.286 e. The SMILES string of the molecule is CC1CN(c2ccc(NC(=O)CCNC(=O)c3ccco3)cc2F)CC(C)O1. The van der Waals surface area contributed by atoms with Gasteiger partial charge in [0.2, 0.25) is 5.91 Å². The van der Waals surface area contributed by atoms with Gasteiger partial charge < -0.3 is 24.7 Å². The molecule has 28 heavy (non-hydrogen) atoms. The zero-order chi connectivity index (χ0) is 20.1. The first-order valence-corrected chi connectivity index (χ1v) is 9.24. The lowest BCUT2D eigenvalue weighted by molar-refractivity contribution is -0.116. The fourth-order valence-corrected chi connectivity index (χ4v) is 3.22. The normalized spacial score (nSPS) is 19.3. The van der Waals surface area contributed by atoms with E-state index < -0.39 is 5.82 Å². The lowest BCUT2D eigenvalue weighted by Gasteiger charge is -2.37. The van der Waals surface area contributed by atoms with Crippen LogP contribution in [0.4, 0.5) is 15.8 Å². The van der Waals surface area contributed by atoms with Crippen LogP contribution < -0.4 is 15.5 Å². The van der Waals surface area contributed by atoms with Gasteiger partial charge in [-0.15, -0.1) is 0 Å². The molecule has 7 nitrogen and oxygen atoms in total. The van der Waals surface area contributed by atoms with Gasteiger partial charge in [0.05, 0.1) is 24.2 Å². The number of rotatable bonds is 6. The molecule has 0 spiro atoms. The van der Waals surface area contributed by atoms with Gasteiger partial charge in [0.25, 0.3) is 5.91 Å². The van der Waals surface area contributed by atoms with Crippen molar-refractivity contribution in [3.05, 3.63) is 48.2 Å². The molecule has 2 amide bonds. The average molecular weight is 389 g/mol. The molecule has 1 aromatic heterocycles. The fourth-order valence-electron chi connectivity index (χ4n) is 3.22. The average Bonchev–Trinajstić information content (AvgIpc) is 3.15. The second-order valence-corrected chi connectivity index (χ2v) is 6.86. The monoisotopic (exact) mass is 389 g/mol. The molecule has 1 aromatic carbocycles. The van der Waals surface area contributed by atoms with Crippen LogP contribution in [-0.2, 0) is 9.53 Å². The minimum atomic E-state index is -0.398. The Labute approximate surface area is 162 Å². The summed E-state index contributed by atoms with van der Waals surface area (Å²) in [7, 11) is 0. The third kappa shape index (κ3) is 5.10. The van der Waals surface area contributed by atoms with Crippen LogP contribution in [0, 0.1) is 5.82 Å². The molecule has 3 rings (SSSR count). The molecule has 1 fully saturated rings. The van der Waals surface area contributed by atoms with Crippen LogP contribution in [0.3, 0.4) is 0 Å². The van der Waals surface area contributed by atoms with Gasteiger partial charge >= 0.3 is 0 Å². The summed E-state index contributed by atoms with van der Waals surface area (Å²) in [6.45, 7) is 5.29. The van der Waals surface area contributed by atoms with Crippen molar-refractivity contribution < 1.29 is 23.1 Å². The first-order chi connectivity index (χ1) is 13.4. The van der Waals surface area contributed by atoms with E-state index in [1.54, 1.807) is 18.2 Å². The van der Waals surface area contributed by atoms with Crippen LogP contribution in [0.25, 0.3) is 0 Å². The molecule has 0 saturated carbocycles. The van der Waals surface area contributed by atoms with E-state index in [-0.39, 0.29) is 42.7 Å². The van der Waals surface area contributed by atoms with Crippen LogP contribution in [0.2, 0.25) is 0 Å². The number of halogens is 1. The molecule has 1 aliphatic heterocycles. The first-order valence-electron chi connectivity index (χ1n) is 9.24. The number of carbonyl (C=O) groups excluding carboxylic acids is 2. The Hall–Kier alpha value is -2.87. The molecule has 150 valence electrons. The standard InChI is InChI=1S/C20H24FN3O4/c1-13-11-24(12-14(2)28-13)17-6-5-15(10-16(17)21)23-19(25)7-8-22-20(26)18-4-3-9-27-18/h3-6,9-10,13-14H,7-8,11-12H2,1-2H3,(H,22,26)(H,23,25). The van der Waals surface area contributed by atoms with Gasteiger partial charge in [-0.1, -0.05) is 0 Å². The van der Waals surface area contributed by atoms with E-state index in [4.69, 9.17) is 9.15 Å². The summed E-state index contributed by atoms with van der Waals surface area (Å²) >= 11 is 0. The van der Waals surface area contributed by atoms with Crippen molar-refractivity contribution in [2.75, 3.05) is 29.9 Å². The van der Waals surface area contributed by atoms with E-state index in [1.165, 1.54) is 18.4 Å². The number of benzene rings is 1. The molecule has 0 aliphatic carbocycles. The van der Waals surface area contributed by atoms with Gasteiger partial charge in [-0.2, -0.15) is 0 Å². The molecular formula is C20H24FN3O4. The van der Waals surface area contributed by atoms with E-state index >= 15 is 0 Å². The highest BCUT2D eigenvalue weighted by Crippen LogP contribution is 2.26. The Morgan fingerprint density at radius 2 is 1.96 bits per heavy atom. The van der Waals surface area contributed by atoms with Crippen LogP contribution in [0.5, 0.6) is 0 Å². The maximum atomic E-state index is 14.6. The Morgan fingerprint density at radius 1 is 1.21 bits per heavy atom. The Kier molecular flexibility index (Phi) is 6.30. The third-order valence-corrected chi connectivity index (χ3v) is 4.37. The summed E-state index contributed by atoms with van der Waals surface area (Å²) in [6.07, 6.45) is 1.52. The van der Waals surface area contributed by atoms with Crippen molar-refractivity contribution >= 4 is 23.2 Å². The predicted molar refractivity (Wildman–Crippen MR) is 103 cm³/mol. The van der Waals surface area contributed by atoms with Crippen LogP contribution in [0.15, 0.2) is 41.0 Å². The number of hydrogen-bond donors (Lipinski definition) is 2. The van der Waals surface area contributed by atoms with Crippen LogP contribution in [-0.4, -0.2) is 43.7 Å². The van der Waals surface area contributed by atoms with Gasteiger partial charge in [-0.25, -0.2) is 4.39 Å². The molecule has 2 heterocycles. The molecule has 1 aliphatic rings. The number of nitrogens with zero attached hydrogens (tertiary/aromatic N) is 1. The number of nitrogens with one attached hydrogen (secondary N) is 2. The van der Waals surface area contributed by atoms with E-state index in [1.807, 2.05) is 18.7 Å². The van der Waals surface area contributed by atoms with Crippen LogP contribution >= 0.6 is 0 Å². The lowest BCUT2D eigenvalue weighted by Crippen LogP contribution is -2.45. The quantitative estimate of drug-likeness (QED) is 0.794. The highest BCUT2D eigenvalue weighted by molar-refractivity contribution is 5.93. The molecule has 2 unspecified atom stereocenters. The largest absolute Gasteiger partial charge is 0.459 e. The Bertz CT molecular complexity index is 815. The minimum absolute atomic E-state index is 0.0268. The van der Waals surface area contributed by atoms with Crippen molar-refractivity contribution in [2.45, 2.75) is 32.5 Å². The summed E-state index contributed by atoms with van der Waals surface area (Å²) in [5.41, 5.74) is 0.865. The highest BCUT2D eigenvalue weighted by atomic mass is 19.1. The molecule has 8 heteroatoms. The Morgan fingerprint density at radius 3 is 2.61 bits per heavy atom. The summed E-state index contributed by atoms with van der Waals surface area (Å²) in [5, 5.41) is 5.23. The van der Waals surface area contributed by atoms with E-state index in [0.29, 0.717) is 24.5 Å². The number of carbonyl (C=O) groups is 2. The number of morpholine rings is 1. The van der Waals surface area contributed by atoms with Gasteiger partial charge in [0.15, 0.2) is 5.76 Å². The maximum absolute atomic E-state index is 14.6. The molecule has 2 aromatic rings. The summed E-state index contributed by atoms with van der Waals surface area (Å²) in [4.78, 5) is 25.7. The second kappa shape index (κ2) is 8.88. The van der Waals surface area contributed by atoms with Crippen LogP contribution in [0.1, 0.15) is 30.8 Å². The van der Waals surface area contributed by atoms with E-state index in [9.17, 15) is 14.0 Å². The number of hydrogen-bond acceptors (Lipinski definition) is 5. The number of furan rings is 1. The lowest BCUT2D eigenvalue weighted by atomic mass is 10.2. The minimum Gasteiger partial charge on any atom is -0.459 e. The van der Waals surface area contributed by atoms with Gasteiger partial charge in [0, 0.05) is 31.7 Å². The topological polar surface area (TPSA) is 83.8 Å². The number of anilines is 2. The molecule has 1 saturated heterocycles. The van der Waals surface area contributed by atoms with Gasteiger partial charge in [-0.05, 0) is 44.2 Å². The van der Waals surface area contributed by atoms with Crippen molar-refractivity contribution in [3.8, 4) is 0 Å². The molecule has 2 atom stereocenters. The van der Waals surface area contributed by atoms with Gasteiger partial charge in [-0.3, -0.25) is 9.59 Å². The summed E-state index contributed by atoms with van der Waals surface area (Å²) in [5.74, 6) is -0.919. The molecule has 2 N–H and O–H groups in total. The maximum Gasteiger partial charge on any atom is 0.286 e. The van der Waals surface area contributed by atoms with E-state index in [2.05, 4.69) is 10.6 Å². The fraction of sp³-hybridized carbons (Fsp3) is 0.400. The number of amides is 2. The molecule has 0 bridgehead atoms. The van der Waals surface area contributed by atoms with E-state index in [0.717, 1.165) is 0 Å². The summed E-state index contributed by atoms with van der Waals surface area (Å²) in [6, 6.07) is 7.78. The van der Waals surface area contributed by atoms with Crippen molar-refractivity contribution in [1.29, 1.82) is 0 Å². The first kappa shape index (κ1) is 19.9. The van der Waals surface area contributed by atoms with Crippen molar-refractivity contribution in [3.63, 3.8) is 0 Å². The third-order valence-electron chi connectivity index (χ3n) is 4.37. The molecular weight excluding hydrogens is 365 g/mol. The Balaban J connectivity index is 1.51. The number of ether oxygens (including phenoxy) is 1. The predicted octanol–water partition coefficient (Wildman–Crippen LogP) is 2.79. The van der Waals surface area contributed by atoms with Crippen molar-refractivity contribution in [2.24, 2.45) is 0 Å². The van der Waals surface area contributed by atoms with Gasteiger partial charge in [0.1, 0.15) is 5.82 Å². The zero-order valence-electron chi connectivity index (χ0n) is 15.9. The summed E-state index contributed by atoms with van der Waals surface area (Å²) < 4.78 is 25.2.